The highest BCUT2D eigenvalue weighted by Crippen LogP contribution is 2.40. The van der Waals surface area contributed by atoms with Crippen LogP contribution < -0.4 is 16.4 Å². The van der Waals surface area contributed by atoms with Crippen LogP contribution in [0.4, 0.5) is 4.79 Å². The number of rotatable bonds is 7. The largest absolute Gasteiger partial charge is 0.369 e. The molecule has 0 spiro atoms. The quantitative estimate of drug-likeness (QED) is 0.546. The first-order valence-corrected chi connectivity index (χ1v) is 13.2. The number of nitrogens with two attached hydrogens (primary N) is 1. The molecule has 8 nitrogen and oxygen atoms in total. The van der Waals surface area contributed by atoms with Gasteiger partial charge in [0.25, 0.3) is 11.8 Å². The average Bonchev–Trinajstić information content (AvgIpc) is 3.07. The molecule has 1 aromatic carbocycles. The van der Waals surface area contributed by atoms with Crippen LogP contribution in [0, 0.1) is 11.8 Å². The van der Waals surface area contributed by atoms with E-state index >= 15 is 0 Å². The van der Waals surface area contributed by atoms with Crippen molar-refractivity contribution in [2.24, 2.45) is 22.6 Å². The molecule has 1 heterocycles. The fourth-order valence-corrected chi connectivity index (χ4v) is 6.15. The standard InChI is InChI=1S/C27H39N5O3/c1-32-24(34)27(31-25(32)28,16-15-19-9-4-2-5-10-19)18-20-11-8-14-22(17-20)29-26(35)30-23(33)21-12-6-3-7-13-21/h3,6-7,12-13,19-20,22H,2,4-5,8-11,14-18H2,1H3,(H2,28,31)(H2,29,30,33,35). The Morgan fingerprint density at radius 2 is 1.77 bits per heavy atom. The first-order valence-electron chi connectivity index (χ1n) is 13.2. The third kappa shape index (κ3) is 6.21. The van der Waals surface area contributed by atoms with E-state index in [1.807, 2.05) is 6.07 Å². The molecule has 3 aliphatic rings. The fourth-order valence-electron chi connectivity index (χ4n) is 6.15. The lowest BCUT2D eigenvalue weighted by Gasteiger charge is -2.35. The summed E-state index contributed by atoms with van der Waals surface area (Å²) >= 11 is 0. The van der Waals surface area contributed by atoms with Crippen molar-refractivity contribution in [2.75, 3.05) is 7.05 Å². The van der Waals surface area contributed by atoms with E-state index in [2.05, 4.69) is 10.6 Å². The third-order valence-corrected chi connectivity index (χ3v) is 8.07. The Morgan fingerprint density at radius 3 is 2.46 bits per heavy atom. The zero-order valence-electron chi connectivity index (χ0n) is 20.8. The van der Waals surface area contributed by atoms with Gasteiger partial charge in [-0.3, -0.25) is 19.8 Å². The number of nitrogens with zero attached hydrogens (tertiary/aromatic N) is 2. The number of guanidine groups is 1. The number of nitrogens with one attached hydrogen (secondary N) is 2. The molecule has 190 valence electrons. The van der Waals surface area contributed by atoms with Crippen molar-refractivity contribution < 1.29 is 14.4 Å². The lowest BCUT2D eigenvalue weighted by atomic mass is 9.74. The Bertz CT molecular complexity index is 943. The summed E-state index contributed by atoms with van der Waals surface area (Å²) in [5.41, 5.74) is 5.77. The number of hydrogen-bond donors (Lipinski definition) is 3. The lowest BCUT2D eigenvalue weighted by Crippen LogP contribution is -2.47. The molecule has 3 atom stereocenters. The van der Waals surface area contributed by atoms with E-state index in [0.29, 0.717) is 23.9 Å². The minimum atomic E-state index is -0.783. The fraction of sp³-hybridized carbons (Fsp3) is 0.630. The maximum atomic E-state index is 13.3. The number of imide groups is 1. The van der Waals surface area contributed by atoms with Crippen LogP contribution in [0.3, 0.4) is 0 Å². The molecule has 2 aliphatic carbocycles. The SMILES string of the molecule is CN1C(=O)C(CCC2CCCCC2)(CC2CCCC(NC(=O)NC(=O)c3ccccc3)C2)N=C1N. The Kier molecular flexibility index (Phi) is 8.08. The molecule has 3 unspecified atom stereocenters. The molecule has 0 bridgehead atoms. The zero-order chi connectivity index (χ0) is 24.8. The topological polar surface area (TPSA) is 117 Å². The molecule has 8 heteroatoms. The Hall–Kier alpha value is -2.90. The van der Waals surface area contributed by atoms with Crippen LogP contribution in [0.1, 0.15) is 87.4 Å². The van der Waals surface area contributed by atoms with Crippen molar-refractivity contribution in [3.05, 3.63) is 35.9 Å². The van der Waals surface area contributed by atoms with Crippen LogP contribution in [0.2, 0.25) is 0 Å². The molecule has 1 aromatic rings. The third-order valence-electron chi connectivity index (χ3n) is 8.07. The van der Waals surface area contributed by atoms with Crippen molar-refractivity contribution in [2.45, 2.75) is 88.6 Å². The van der Waals surface area contributed by atoms with Crippen LogP contribution in [0.15, 0.2) is 35.3 Å². The molecule has 0 radical (unpaired) electrons. The smallest absolute Gasteiger partial charge is 0.321 e. The lowest BCUT2D eigenvalue weighted by molar-refractivity contribution is -0.131. The van der Waals surface area contributed by atoms with Gasteiger partial charge in [0.2, 0.25) is 0 Å². The molecule has 4 N–H and O–H groups in total. The van der Waals surface area contributed by atoms with Crippen LogP contribution in [-0.4, -0.2) is 47.3 Å². The predicted molar refractivity (Wildman–Crippen MR) is 136 cm³/mol. The van der Waals surface area contributed by atoms with Gasteiger partial charge in [0.15, 0.2) is 5.96 Å². The average molecular weight is 482 g/mol. The van der Waals surface area contributed by atoms with Gasteiger partial charge < -0.3 is 11.1 Å². The van der Waals surface area contributed by atoms with Gasteiger partial charge in [-0.2, -0.15) is 0 Å². The van der Waals surface area contributed by atoms with Crippen LogP contribution in [-0.2, 0) is 4.79 Å². The molecule has 4 amide bonds. The van der Waals surface area contributed by atoms with Crippen molar-refractivity contribution in [1.29, 1.82) is 0 Å². The summed E-state index contributed by atoms with van der Waals surface area (Å²) in [6.07, 6.45) is 12.4. The summed E-state index contributed by atoms with van der Waals surface area (Å²) in [6, 6.07) is 8.19. The second-order valence-corrected chi connectivity index (χ2v) is 10.6. The van der Waals surface area contributed by atoms with Gasteiger partial charge in [0.05, 0.1) is 0 Å². The van der Waals surface area contributed by atoms with Gasteiger partial charge in [-0.1, -0.05) is 63.1 Å². The number of benzene rings is 1. The number of carbonyl (C=O) groups is 3. The number of likely N-dealkylation sites (N-methyl/N-ethyl adjacent to an activating group) is 1. The Balaban J connectivity index is 1.35. The van der Waals surface area contributed by atoms with E-state index in [1.165, 1.54) is 37.0 Å². The number of carbonyl (C=O) groups excluding carboxylic acids is 3. The first kappa shape index (κ1) is 25.2. The summed E-state index contributed by atoms with van der Waals surface area (Å²) in [5.74, 6) is 0.830. The van der Waals surface area contributed by atoms with Crippen molar-refractivity contribution in [3.8, 4) is 0 Å². The maximum absolute atomic E-state index is 13.3. The van der Waals surface area contributed by atoms with Crippen molar-refractivity contribution in [1.82, 2.24) is 15.5 Å². The maximum Gasteiger partial charge on any atom is 0.321 e. The normalized spacial score (nSPS) is 27.4. The number of aliphatic imine (C=N–C) groups is 1. The second-order valence-electron chi connectivity index (χ2n) is 10.6. The van der Waals surface area contributed by atoms with Gasteiger partial charge in [0, 0.05) is 18.7 Å². The highest BCUT2D eigenvalue weighted by atomic mass is 16.2. The molecule has 4 rings (SSSR count). The molecular weight excluding hydrogens is 442 g/mol. The van der Waals surface area contributed by atoms with E-state index in [-0.39, 0.29) is 17.9 Å². The first-order chi connectivity index (χ1) is 16.9. The number of urea groups is 1. The highest BCUT2D eigenvalue weighted by molar-refractivity contribution is 6.06. The van der Waals surface area contributed by atoms with E-state index < -0.39 is 17.5 Å². The molecule has 35 heavy (non-hydrogen) atoms. The minimum absolute atomic E-state index is 0.00657. The molecule has 1 aliphatic heterocycles. The minimum Gasteiger partial charge on any atom is -0.369 e. The summed E-state index contributed by atoms with van der Waals surface area (Å²) in [7, 11) is 1.71. The van der Waals surface area contributed by atoms with E-state index in [9.17, 15) is 14.4 Å². The van der Waals surface area contributed by atoms with Gasteiger partial charge in [-0.25, -0.2) is 9.79 Å². The molecule has 0 aromatic heterocycles. The number of hydrogen-bond acceptors (Lipinski definition) is 5. The number of amides is 4. The Labute approximate surface area is 208 Å². The van der Waals surface area contributed by atoms with Gasteiger partial charge >= 0.3 is 6.03 Å². The summed E-state index contributed by atoms with van der Waals surface area (Å²) in [4.78, 5) is 44.3. The van der Waals surface area contributed by atoms with Crippen LogP contribution in [0.5, 0.6) is 0 Å². The van der Waals surface area contributed by atoms with Gasteiger partial charge in [0.1, 0.15) is 5.54 Å². The monoisotopic (exact) mass is 481 g/mol. The van der Waals surface area contributed by atoms with E-state index in [4.69, 9.17) is 10.7 Å². The van der Waals surface area contributed by atoms with Crippen LogP contribution >= 0.6 is 0 Å². The van der Waals surface area contributed by atoms with Crippen LogP contribution in [0.25, 0.3) is 0 Å². The second kappa shape index (κ2) is 11.2. The predicted octanol–water partition coefficient (Wildman–Crippen LogP) is 3.96. The molecule has 2 saturated carbocycles. The molecule has 0 saturated heterocycles. The molecule has 2 fully saturated rings. The van der Waals surface area contributed by atoms with Gasteiger partial charge in [-0.05, 0) is 56.1 Å². The highest BCUT2D eigenvalue weighted by Gasteiger charge is 2.48. The Morgan fingerprint density at radius 1 is 1.06 bits per heavy atom. The zero-order valence-corrected chi connectivity index (χ0v) is 20.8. The molecular formula is C27H39N5O3. The van der Waals surface area contributed by atoms with E-state index in [1.54, 1.807) is 31.3 Å². The summed E-state index contributed by atoms with van der Waals surface area (Å²) in [5, 5.41) is 5.40. The van der Waals surface area contributed by atoms with Gasteiger partial charge in [-0.15, -0.1) is 0 Å². The van der Waals surface area contributed by atoms with E-state index in [0.717, 1.165) is 38.5 Å². The van der Waals surface area contributed by atoms with Crippen molar-refractivity contribution >= 4 is 23.8 Å². The van der Waals surface area contributed by atoms with Crippen molar-refractivity contribution in [3.63, 3.8) is 0 Å². The summed E-state index contributed by atoms with van der Waals surface area (Å²) in [6.45, 7) is 0. The summed E-state index contributed by atoms with van der Waals surface area (Å²) < 4.78 is 0.